The Hall–Kier alpha value is -2.53. The molecule has 23 heavy (non-hydrogen) atoms. The number of carbonyl (C=O) groups is 1. The number of ether oxygens (including phenoxy) is 2. The normalized spacial score (nSPS) is 10.3. The lowest BCUT2D eigenvalue weighted by atomic mass is 10.1. The first-order valence-electron chi connectivity index (χ1n) is 7.45. The number of hydrogen-bond donors (Lipinski definition) is 2. The molecule has 0 saturated heterocycles. The van der Waals surface area contributed by atoms with Gasteiger partial charge in [-0.15, -0.1) is 0 Å². The van der Waals surface area contributed by atoms with E-state index in [0.717, 1.165) is 12.0 Å². The van der Waals surface area contributed by atoms with Gasteiger partial charge in [0.25, 0.3) is 0 Å². The van der Waals surface area contributed by atoms with Crippen LogP contribution < -0.4 is 14.8 Å². The van der Waals surface area contributed by atoms with Crippen LogP contribution in [0.1, 0.15) is 11.1 Å². The summed E-state index contributed by atoms with van der Waals surface area (Å²) in [5.74, 6) is 0.455. The molecule has 5 heteroatoms. The molecule has 0 bridgehead atoms. The van der Waals surface area contributed by atoms with Gasteiger partial charge in [-0.2, -0.15) is 0 Å². The van der Waals surface area contributed by atoms with Crippen molar-refractivity contribution in [2.75, 3.05) is 20.3 Å². The summed E-state index contributed by atoms with van der Waals surface area (Å²) in [5.41, 5.74) is 2.17. The van der Waals surface area contributed by atoms with Crippen LogP contribution in [0.15, 0.2) is 48.5 Å². The van der Waals surface area contributed by atoms with Gasteiger partial charge in [-0.25, -0.2) is 0 Å². The molecule has 0 aliphatic rings. The predicted octanol–water partition coefficient (Wildman–Crippen LogP) is 2.49. The molecule has 122 valence electrons. The third-order valence-corrected chi connectivity index (χ3v) is 3.32. The molecular formula is C18H21NO4. The highest BCUT2D eigenvalue weighted by Crippen LogP contribution is 2.28. The summed E-state index contributed by atoms with van der Waals surface area (Å²) in [7, 11) is 1.59. The van der Waals surface area contributed by atoms with Crippen molar-refractivity contribution in [1.29, 1.82) is 0 Å². The van der Waals surface area contributed by atoms with Gasteiger partial charge in [0.05, 0.1) is 20.3 Å². The van der Waals surface area contributed by atoms with E-state index in [1.165, 1.54) is 5.56 Å². The zero-order chi connectivity index (χ0) is 16.5. The SMILES string of the molecule is COc1cc(CNCC(=O)O)ccc1OCCc1ccccc1. The molecule has 0 saturated carbocycles. The van der Waals surface area contributed by atoms with Crippen LogP contribution in [0.5, 0.6) is 11.5 Å². The van der Waals surface area contributed by atoms with Gasteiger partial charge in [-0.3, -0.25) is 4.79 Å². The van der Waals surface area contributed by atoms with Gasteiger partial charge in [0.2, 0.25) is 0 Å². The van der Waals surface area contributed by atoms with E-state index in [1.54, 1.807) is 7.11 Å². The smallest absolute Gasteiger partial charge is 0.317 e. The first kappa shape index (κ1) is 16.8. The number of rotatable bonds is 9. The van der Waals surface area contributed by atoms with Crippen molar-refractivity contribution in [3.05, 3.63) is 59.7 Å². The van der Waals surface area contributed by atoms with Crippen molar-refractivity contribution in [2.45, 2.75) is 13.0 Å². The van der Waals surface area contributed by atoms with Crippen LogP contribution >= 0.6 is 0 Å². The molecule has 0 atom stereocenters. The minimum atomic E-state index is -0.877. The Kier molecular flexibility index (Phi) is 6.44. The van der Waals surface area contributed by atoms with Gasteiger partial charge in [0, 0.05) is 13.0 Å². The Balaban J connectivity index is 1.89. The molecule has 0 aliphatic carbocycles. The van der Waals surface area contributed by atoms with E-state index in [9.17, 15) is 4.79 Å². The third-order valence-electron chi connectivity index (χ3n) is 3.32. The van der Waals surface area contributed by atoms with Crippen molar-refractivity contribution in [2.24, 2.45) is 0 Å². The maximum atomic E-state index is 10.5. The standard InChI is InChI=1S/C18H21NO4/c1-22-17-11-15(12-19-13-18(20)21)7-8-16(17)23-10-9-14-5-3-2-4-6-14/h2-8,11,19H,9-10,12-13H2,1H3,(H,20,21). The zero-order valence-corrected chi connectivity index (χ0v) is 13.1. The van der Waals surface area contributed by atoms with Crippen molar-refractivity contribution < 1.29 is 19.4 Å². The maximum Gasteiger partial charge on any atom is 0.317 e. The van der Waals surface area contributed by atoms with Crippen molar-refractivity contribution in [1.82, 2.24) is 5.32 Å². The molecule has 0 aliphatic heterocycles. The second-order valence-electron chi connectivity index (χ2n) is 5.07. The zero-order valence-electron chi connectivity index (χ0n) is 13.1. The predicted molar refractivity (Wildman–Crippen MR) is 88.0 cm³/mol. The third kappa shape index (κ3) is 5.64. The number of carboxylic acid groups (broad SMARTS) is 1. The lowest BCUT2D eigenvalue weighted by Crippen LogP contribution is -2.21. The summed E-state index contributed by atoms with van der Waals surface area (Å²) >= 11 is 0. The fourth-order valence-electron chi connectivity index (χ4n) is 2.18. The lowest BCUT2D eigenvalue weighted by molar-refractivity contribution is -0.135. The molecular weight excluding hydrogens is 294 g/mol. The molecule has 0 fully saturated rings. The Morgan fingerprint density at radius 2 is 1.87 bits per heavy atom. The largest absolute Gasteiger partial charge is 0.493 e. The Labute approximate surface area is 135 Å². The number of methoxy groups -OCH3 is 1. The monoisotopic (exact) mass is 315 g/mol. The summed E-state index contributed by atoms with van der Waals surface area (Å²) in [6.07, 6.45) is 0.825. The lowest BCUT2D eigenvalue weighted by Gasteiger charge is -2.12. The summed E-state index contributed by atoms with van der Waals surface area (Å²) in [4.78, 5) is 10.5. The van der Waals surface area contributed by atoms with E-state index in [4.69, 9.17) is 14.6 Å². The molecule has 0 aromatic heterocycles. The number of nitrogens with one attached hydrogen (secondary N) is 1. The fraction of sp³-hybridized carbons (Fsp3) is 0.278. The van der Waals surface area contributed by atoms with Gasteiger partial charge < -0.3 is 19.9 Å². The summed E-state index contributed by atoms with van der Waals surface area (Å²) in [6.45, 7) is 0.960. The number of aliphatic carboxylic acids is 1. The van der Waals surface area contributed by atoms with Crippen molar-refractivity contribution in [3.63, 3.8) is 0 Å². The van der Waals surface area contributed by atoms with Crippen LogP contribution in [0.3, 0.4) is 0 Å². The van der Waals surface area contributed by atoms with Gasteiger partial charge in [0.15, 0.2) is 11.5 Å². The number of carboxylic acids is 1. The molecule has 0 amide bonds. The Morgan fingerprint density at radius 1 is 1.09 bits per heavy atom. The quantitative estimate of drug-likeness (QED) is 0.744. The molecule has 5 nitrogen and oxygen atoms in total. The number of hydrogen-bond acceptors (Lipinski definition) is 4. The average Bonchev–Trinajstić information content (AvgIpc) is 2.56. The second-order valence-corrected chi connectivity index (χ2v) is 5.07. The minimum Gasteiger partial charge on any atom is -0.493 e. The molecule has 0 heterocycles. The van der Waals surface area contributed by atoms with Crippen LogP contribution in [0, 0.1) is 0 Å². The first-order valence-corrected chi connectivity index (χ1v) is 7.45. The molecule has 0 unspecified atom stereocenters. The van der Waals surface area contributed by atoms with Gasteiger partial charge in [0.1, 0.15) is 0 Å². The van der Waals surface area contributed by atoms with E-state index in [0.29, 0.717) is 24.7 Å². The van der Waals surface area contributed by atoms with Crippen LogP contribution in [-0.4, -0.2) is 31.3 Å². The van der Waals surface area contributed by atoms with Gasteiger partial charge in [-0.05, 0) is 23.3 Å². The molecule has 2 N–H and O–H groups in total. The number of benzene rings is 2. The highest BCUT2D eigenvalue weighted by Gasteiger charge is 2.06. The van der Waals surface area contributed by atoms with Crippen molar-refractivity contribution in [3.8, 4) is 11.5 Å². The summed E-state index contributed by atoms with van der Waals surface area (Å²) < 4.78 is 11.1. The fourth-order valence-corrected chi connectivity index (χ4v) is 2.18. The van der Waals surface area contributed by atoms with Gasteiger partial charge >= 0.3 is 5.97 Å². The average molecular weight is 315 g/mol. The van der Waals surface area contributed by atoms with Crippen molar-refractivity contribution >= 4 is 5.97 Å². The minimum absolute atomic E-state index is 0.0718. The van der Waals surface area contributed by atoms with E-state index in [-0.39, 0.29) is 6.54 Å². The maximum absolute atomic E-state index is 10.5. The molecule has 2 aromatic rings. The first-order chi connectivity index (χ1) is 11.2. The topological polar surface area (TPSA) is 67.8 Å². The highest BCUT2D eigenvalue weighted by molar-refractivity contribution is 5.69. The Bertz CT molecular complexity index is 628. The van der Waals surface area contributed by atoms with E-state index < -0.39 is 5.97 Å². The van der Waals surface area contributed by atoms with Crippen LogP contribution in [0.2, 0.25) is 0 Å². The summed E-state index contributed by atoms with van der Waals surface area (Å²) in [5, 5.41) is 11.5. The van der Waals surface area contributed by atoms with E-state index >= 15 is 0 Å². The van der Waals surface area contributed by atoms with Crippen LogP contribution in [-0.2, 0) is 17.8 Å². The van der Waals surface area contributed by atoms with E-state index in [1.807, 2.05) is 36.4 Å². The Morgan fingerprint density at radius 3 is 2.57 bits per heavy atom. The molecule has 0 radical (unpaired) electrons. The second kappa shape index (κ2) is 8.80. The van der Waals surface area contributed by atoms with Crippen LogP contribution in [0.25, 0.3) is 0 Å². The van der Waals surface area contributed by atoms with E-state index in [2.05, 4.69) is 17.4 Å². The molecule has 2 aromatic carbocycles. The van der Waals surface area contributed by atoms with Crippen LogP contribution in [0.4, 0.5) is 0 Å². The molecule has 0 spiro atoms. The molecule has 2 rings (SSSR count). The summed E-state index contributed by atoms with van der Waals surface area (Å²) in [6, 6.07) is 15.7. The highest BCUT2D eigenvalue weighted by atomic mass is 16.5. The van der Waals surface area contributed by atoms with Gasteiger partial charge in [-0.1, -0.05) is 36.4 Å².